The minimum Gasteiger partial charge on any atom is -0.309 e. The molecule has 22 heavy (non-hydrogen) atoms. The highest BCUT2D eigenvalue weighted by atomic mass is 32.1. The molecule has 3 heterocycles. The average molecular weight is 319 g/mol. The molecule has 5 heteroatoms. The molecule has 1 aliphatic heterocycles. The molecule has 4 nitrogen and oxygen atoms in total. The first-order valence-electron chi connectivity index (χ1n) is 8.10. The number of rotatable bonds is 2. The van der Waals surface area contributed by atoms with Crippen molar-refractivity contribution < 1.29 is 0 Å². The molecular formula is C17H25N3OS. The van der Waals surface area contributed by atoms with E-state index < -0.39 is 0 Å². The van der Waals surface area contributed by atoms with Crippen molar-refractivity contribution >= 4 is 21.6 Å². The number of nitrogens with one attached hydrogen (secondary N) is 1. The van der Waals surface area contributed by atoms with E-state index in [0.717, 1.165) is 34.7 Å². The largest absolute Gasteiger partial charge is 0.309 e. The summed E-state index contributed by atoms with van der Waals surface area (Å²) in [5, 5.41) is 0.763. The highest BCUT2D eigenvalue weighted by Gasteiger charge is 2.27. The van der Waals surface area contributed by atoms with Crippen molar-refractivity contribution in [1.29, 1.82) is 0 Å². The van der Waals surface area contributed by atoms with Gasteiger partial charge in [-0.25, -0.2) is 4.98 Å². The number of H-pyrrole nitrogens is 1. The van der Waals surface area contributed by atoms with E-state index in [9.17, 15) is 4.79 Å². The van der Waals surface area contributed by atoms with E-state index >= 15 is 0 Å². The van der Waals surface area contributed by atoms with Crippen molar-refractivity contribution in [2.45, 2.75) is 47.1 Å². The molecule has 2 aromatic rings. The lowest BCUT2D eigenvalue weighted by Crippen LogP contribution is -2.41. The Hall–Kier alpha value is -1.20. The molecule has 1 N–H and O–H groups in total. The van der Waals surface area contributed by atoms with Crippen LogP contribution in [0.2, 0.25) is 0 Å². The van der Waals surface area contributed by atoms with E-state index in [0.29, 0.717) is 11.8 Å². The molecule has 3 rings (SSSR count). The summed E-state index contributed by atoms with van der Waals surface area (Å²) in [4.78, 5) is 24.7. The molecule has 120 valence electrons. The Bertz CT molecular complexity index is 738. The Morgan fingerprint density at radius 2 is 1.91 bits per heavy atom. The van der Waals surface area contributed by atoms with E-state index in [1.165, 1.54) is 11.3 Å². The van der Waals surface area contributed by atoms with Crippen molar-refractivity contribution in [1.82, 2.24) is 14.9 Å². The molecule has 0 radical (unpaired) electrons. The van der Waals surface area contributed by atoms with E-state index in [-0.39, 0.29) is 11.6 Å². The number of aromatic amines is 1. The summed E-state index contributed by atoms with van der Waals surface area (Å²) >= 11 is 1.62. The molecule has 2 aromatic heterocycles. The molecular weight excluding hydrogens is 294 g/mol. The molecule has 1 fully saturated rings. The monoisotopic (exact) mass is 319 g/mol. The minimum atomic E-state index is 0.00630. The minimum absolute atomic E-state index is 0.00630. The van der Waals surface area contributed by atoms with Crippen molar-refractivity contribution in [3.8, 4) is 0 Å². The van der Waals surface area contributed by atoms with Gasteiger partial charge in [0.25, 0.3) is 5.56 Å². The summed E-state index contributed by atoms with van der Waals surface area (Å²) in [7, 11) is 0. The van der Waals surface area contributed by atoms with Gasteiger partial charge in [-0.1, -0.05) is 13.8 Å². The molecule has 0 amide bonds. The van der Waals surface area contributed by atoms with Gasteiger partial charge in [0.15, 0.2) is 0 Å². The maximum atomic E-state index is 12.4. The summed E-state index contributed by atoms with van der Waals surface area (Å²) < 4.78 is 0. The van der Waals surface area contributed by atoms with Crippen LogP contribution in [0.3, 0.4) is 0 Å². The smallest absolute Gasteiger partial charge is 0.259 e. The topological polar surface area (TPSA) is 49.0 Å². The van der Waals surface area contributed by atoms with Crippen LogP contribution >= 0.6 is 11.3 Å². The average Bonchev–Trinajstić information content (AvgIpc) is 2.72. The van der Waals surface area contributed by atoms with Crippen LogP contribution in [0.5, 0.6) is 0 Å². The Morgan fingerprint density at radius 1 is 1.27 bits per heavy atom. The van der Waals surface area contributed by atoms with Crippen LogP contribution in [0, 0.1) is 25.7 Å². The van der Waals surface area contributed by atoms with Gasteiger partial charge in [0.1, 0.15) is 10.7 Å². The fourth-order valence-electron chi connectivity index (χ4n) is 3.67. The first-order valence-corrected chi connectivity index (χ1v) is 8.92. The molecule has 0 saturated carbocycles. The number of thiophene rings is 1. The number of hydrogen-bond donors (Lipinski definition) is 1. The standard InChI is InChI=1S/C17H25N3OS/c1-9-6-10(2)8-20(7-9)12(4)15-18-16(21)14-11(3)13(5)22-17(14)19-15/h9-10,12H,6-8H2,1-5H3,(H,18,19,21). The van der Waals surface area contributed by atoms with Gasteiger partial charge in [-0.05, 0) is 44.6 Å². The molecule has 0 aliphatic carbocycles. The summed E-state index contributed by atoms with van der Waals surface area (Å²) in [5.74, 6) is 2.21. The highest BCUT2D eigenvalue weighted by Crippen LogP contribution is 2.30. The fraction of sp³-hybridized carbons (Fsp3) is 0.647. The Balaban J connectivity index is 1.97. The van der Waals surface area contributed by atoms with Crippen LogP contribution in [-0.4, -0.2) is 28.0 Å². The fourth-order valence-corrected chi connectivity index (χ4v) is 4.71. The SMILES string of the molecule is Cc1sc2nc(C(C)N3CC(C)CC(C)C3)[nH]c(=O)c2c1C. The van der Waals surface area contributed by atoms with Crippen LogP contribution in [0.4, 0.5) is 0 Å². The maximum Gasteiger partial charge on any atom is 0.259 e. The highest BCUT2D eigenvalue weighted by molar-refractivity contribution is 7.18. The molecule has 3 atom stereocenters. The van der Waals surface area contributed by atoms with Crippen molar-refractivity contribution in [2.75, 3.05) is 13.1 Å². The van der Waals surface area contributed by atoms with Gasteiger partial charge in [0.2, 0.25) is 0 Å². The molecule has 1 aliphatic rings. The third kappa shape index (κ3) is 2.72. The third-order valence-corrected chi connectivity index (χ3v) is 6.00. The second-order valence-electron chi connectivity index (χ2n) is 6.99. The second-order valence-corrected chi connectivity index (χ2v) is 8.19. The molecule has 3 unspecified atom stereocenters. The van der Waals surface area contributed by atoms with Crippen LogP contribution in [0.25, 0.3) is 10.2 Å². The van der Waals surface area contributed by atoms with Crippen LogP contribution in [0.15, 0.2) is 4.79 Å². The number of aromatic nitrogens is 2. The predicted octanol–water partition coefficient (Wildman–Crippen LogP) is 3.64. The quantitative estimate of drug-likeness (QED) is 0.919. The van der Waals surface area contributed by atoms with Crippen molar-refractivity contribution in [3.05, 3.63) is 26.6 Å². The van der Waals surface area contributed by atoms with Crippen LogP contribution < -0.4 is 5.56 Å². The molecule has 0 aromatic carbocycles. The van der Waals surface area contributed by atoms with Gasteiger partial charge >= 0.3 is 0 Å². The number of likely N-dealkylation sites (tertiary alicyclic amines) is 1. The van der Waals surface area contributed by atoms with Crippen molar-refractivity contribution in [2.24, 2.45) is 11.8 Å². The van der Waals surface area contributed by atoms with Gasteiger partial charge in [-0.15, -0.1) is 11.3 Å². The van der Waals surface area contributed by atoms with Gasteiger partial charge in [0, 0.05) is 18.0 Å². The second kappa shape index (κ2) is 5.78. The Morgan fingerprint density at radius 3 is 2.55 bits per heavy atom. The molecule has 1 saturated heterocycles. The summed E-state index contributed by atoms with van der Waals surface area (Å²) in [6, 6.07) is 0.157. The predicted molar refractivity (Wildman–Crippen MR) is 92.6 cm³/mol. The molecule has 0 bridgehead atoms. The Labute approximate surface area is 135 Å². The van der Waals surface area contributed by atoms with E-state index in [1.807, 2.05) is 6.92 Å². The van der Waals surface area contributed by atoms with E-state index in [1.54, 1.807) is 11.3 Å². The summed E-state index contributed by atoms with van der Waals surface area (Å²) in [6.07, 6.45) is 1.29. The van der Waals surface area contributed by atoms with Gasteiger partial charge in [-0.3, -0.25) is 9.69 Å². The van der Waals surface area contributed by atoms with Crippen LogP contribution in [0.1, 0.15) is 49.5 Å². The number of piperidine rings is 1. The number of aryl methyl sites for hydroxylation is 2. The zero-order chi connectivity index (χ0) is 16.0. The normalized spacial score (nSPS) is 24.8. The summed E-state index contributed by atoms with van der Waals surface area (Å²) in [6.45, 7) is 13.0. The zero-order valence-electron chi connectivity index (χ0n) is 14.1. The third-order valence-electron chi connectivity index (χ3n) is 4.90. The van der Waals surface area contributed by atoms with Crippen molar-refractivity contribution in [3.63, 3.8) is 0 Å². The van der Waals surface area contributed by atoms with Gasteiger partial charge in [0.05, 0.1) is 11.4 Å². The molecule has 0 spiro atoms. The van der Waals surface area contributed by atoms with Crippen LogP contribution in [-0.2, 0) is 0 Å². The first-order chi connectivity index (χ1) is 10.4. The lowest BCUT2D eigenvalue weighted by molar-refractivity contribution is 0.0992. The summed E-state index contributed by atoms with van der Waals surface area (Å²) in [5.41, 5.74) is 1.07. The number of nitrogens with zero attached hydrogens (tertiary/aromatic N) is 2. The maximum absolute atomic E-state index is 12.4. The lowest BCUT2D eigenvalue weighted by Gasteiger charge is -2.38. The number of fused-ring (bicyclic) bond motifs is 1. The Kier molecular flexibility index (Phi) is 4.12. The van der Waals surface area contributed by atoms with Gasteiger partial charge in [-0.2, -0.15) is 0 Å². The van der Waals surface area contributed by atoms with Gasteiger partial charge < -0.3 is 4.98 Å². The first kappa shape index (κ1) is 15.7. The number of hydrogen-bond acceptors (Lipinski definition) is 4. The van der Waals surface area contributed by atoms with E-state index in [2.05, 4.69) is 37.6 Å². The lowest BCUT2D eigenvalue weighted by atomic mass is 9.91. The zero-order valence-corrected chi connectivity index (χ0v) is 14.9. The van der Waals surface area contributed by atoms with E-state index in [4.69, 9.17) is 4.98 Å².